The first-order valence-electron chi connectivity index (χ1n) is 8.07. The Morgan fingerprint density at radius 3 is 2.80 bits per heavy atom. The molecule has 0 fully saturated rings. The molecule has 2 heterocycles. The average molecular weight is 343 g/mol. The summed E-state index contributed by atoms with van der Waals surface area (Å²) in [4.78, 5) is 26.8. The van der Waals surface area contributed by atoms with E-state index >= 15 is 0 Å². The van der Waals surface area contributed by atoms with Crippen LogP contribution in [0.15, 0.2) is 30.5 Å². The van der Waals surface area contributed by atoms with Crippen LogP contribution in [0.5, 0.6) is 0 Å². The van der Waals surface area contributed by atoms with Crippen molar-refractivity contribution in [1.82, 2.24) is 20.7 Å². The van der Waals surface area contributed by atoms with Gasteiger partial charge in [-0.15, -0.1) is 0 Å². The van der Waals surface area contributed by atoms with E-state index in [1.54, 1.807) is 20.8 Å². The minimum atomic E-state index is -0.654. The van der Waals surface area contributed by atoms with Gasteiger partial charge in [0, 0.05) is 6.42 Å². The summed E-state index contributed by atoms with van der Waals surface area (Å²) in [5, 5.41) is 12.9. The highest BCUT2D eigenvalue weighted by atomic mass is 16.6. The lowest BCUT2D eigenvalue weighted by atomic mass is 10.1. The third kappa shape index (κ3) is 3.78. The number of ether oxygens (including phenoxy) is 1. The molecule has 8 heteroatoms. The van der Waals surface area contributed by atoms with Crippen molar-refractivity contribution in [2.75, 3.05) is 4.90 Å². The molecular weight excluding hydrogens is 322 g/mol. The lowest BCUT2D eigenvalue weighted by Crippen LogP contribution is -2.49. The molecule has 0 aliphatic carbocycles. The summed E-state index contributed by atoms with van der Waals surface area (Å²) in [5.74, 6) is -0.259. The Morgan fingerprint density at radius 2 is 2.12 bits per heavy atom. The molecule has 3 rings (SSSR count). The van der Waals surface area contributed by atoms with E-state index in [2.05, 4.69) is 20.7 Å². The molecular formula is C17H21N5O3. The van der Waals surface area contributed by atoms with Gasteiger partial charge in [-0.05, 0) is 32.4 Å². The number of carbonyl (C=O) groups excluding carboxylic acids is 2. The zero-order valence-corrected chi connectivity index (χ0v) is 14.4. The smallest absolute Gasteiger partial charge is 0.415 e. The maximum absolute atomic E-state index is 12.7. The second kappa shape index (κ2) is 6.54. The van der Waals surface area contributed by atoms with Crippen molar-refractivity contribution in [3.63, 3.8) is 0 Å². The quantitative estimate of drug-likeness (QED) is 0.885. The van der Waals surface area contributed by atoms with Gasteiger partial charge in [0.2, 0.25) is 5.91 Å². The Morgan fingerprint density at radius 1 is 1.36 bits per heavy atom. The van der Waals surface area contributed by atoms with Crippen molar-refractivity contribution in [2.24, 2.45) is 0 Å². The van der Waals surface area contributed by atoms with E-state index in [1.807, 2.05) is 24.3 Å². The van der Waals surface area contributed by atoms with E-state index in [9.17, 15) is 9.59 Å². The van der Waals surface area contributed by atoms with Crippen molar-refractivity contribution in [3.8, 4) is 0 Å². The van der Waals surface area contributed by atoms with Crippen LogP contribution in [0, 0.1) is 0 Å². The third-order valence-corrected chi connectivity index (χ3v) is 3.78. The second-order valence-corrected chi connectivity index (χ2v) is 6.88. The molecule has 8 nitrogen and oxygen atoms in total. The molecule has 2 amide bonds. The van der Waals surface area contributed by atoms with Gasteiger partial charge in [0.05, 0.1) is 18.4 Å². The summed E-state index contributed by atoms with van der Waals surface area (Å²) in [6, 6.07) is 6.81. The van der Waals surface area contributed by atoms with Gasteiger partial charge < -0.3 is 10.1 Å². The SMILES string of the molecule is CC(C)(C)OC(=O)N1c2ccccc2C[C@H]1C(=O)NCc1cn[nH]n1. The first kappa shape index (κ1) is 16.9. The molecule has 1 aliphatic heterocycles. The highest BCUT2D eigenvalue weighted by Crippen LogP contribution is 2.33. The Labute approximate surface area is 145 Å². The van der Waals surface area contributed by atoms with E-state index in [0.717, 1.165) is 5.56 Å². The first-order chi connectivity index (χ1) is 11.8. The molecule has 0 saturated heterocycles. The molecule has 1 atom stereocenters. The highest BCUT2D eigenvalue weighted by molar-refractivity contribution is 6.00. The number of anilines is 1. The summed E-state index contributed by atoms with van der Waals surface area (Å²) >= 11 is 0. The first-order valence-corrected chi connectivity index (χ1v) is 8.07. The minimum absolute atomic E-state index is 0.240. The van der Waals surface area contributed by atoms with Crippen LogP contribution >= 0.6 is 0 Å². The molecule has 0 saturated carbocycles. The molecule has 25 heavy (non-hydrogen) atoms. The van der Waals surface area contributed by atoms with E-state index in [0.29, 0.717) is 17.8 Å². The van der Waals surface area contributed by atoms with Crippen LogP contribution in [-0.4, -0.2) is 39.1 Å². The zero-order valence-electron chi connectivity index (χ0n) is 14.4. The van der Waals surface area contributed by atoms with Crippen LogP contribution in [0.25, 0.3) is 0 Å². The number of nitrogens with zero attached hydrogens (tertiary/aromatic N) is 3. The van der Waals surface area contributed by atoms with Gasteiger partial charge in [0.1, 0.15) is 17.3 Å². The highest BCUT2D eigenvalue weighted by Gasteiger charge is 2.40. The fourth-order valence-corrected chi connectivity index (χ4v) is 2.74. The molecule has 0 spiro atoms. The molecule has 0 bridgehead atoms. The minimum Gasteiger partial charge on any atom is -0.443 e. The fourth-order valence-electron chi connectivity index (χ4n) is 2.74. The molecule has 2 N–H and O–H groups in total. The topological polar surface area (TPSA) is 100 Å². The molecule has 1 aromatic heterocycles. The number of benzene rings is 1. The van der Waals surface area contributed by atoms with Crippen molar-refractivity contribution >= 4 is 17.7 Å². The summed E-state index contributed by atoms with van der Waals surface area (Å²) in [6.45, 7) is 5.63. The number of hydrogen-bond acceptors (Lipinski definition) is 5. The number of H-pyrrole nitrogens is 1. The van der Waals surface area contributed by atoms with Gasteiger partial charge in [0.25, 0.3) is 0 Å². The number of carbonyl (C=O) groups is 2. The van der Waals surface area contributed by atoms with Crippen LogP contribution in [-0.2, 0) is 22.5 Å². The Hall–Kier alpha value is -2.90. The molecule has 2 aromatic rings. The van der Waals surface area contributed by atoms with Crippen LogP contribution in [0.1, 0.15) is 32.0 Å². The second-order valence-electron chi connectivity index (χ2n) is 6.88. The van der Waals surface area contributed by atoms with Crippen LogP contribution in [0.3, 0.4) is 0 Å². The predicted octanol–water partition coefficient (Wildman–Crippen LogP) is 1.79. The van der Waals surface area contributed by atoms with Gasteiger partial charge in [-0.3, -0.25) is 9.69 Å². The average Bonchev–Trinajstić information content (AvgIpc) is 3.18. The van der Waals surface area contributed by atoms with Crippen molar-refractivity contribution in [3.05, 3.63) is 41.7 Å². The normalized spacial score (nSPS) is 16.4. The van der Waals surface area contributed by atoms with E-state index in [1.165, 1.54) is 11.1 Å². The largest absolute Gasteiger partial charge is 0.443 e. The Kier molecular flexibility index (Phi) is 4.43. The molecule has 0 unspecified atom stereocenters. The standard InChI is InChI=1S/C17H21N5O3/c1-17(2,3)25-16(24)22-13-7-5-4-6-11(13)8-14(22)15(23)18-9-12-10-19-21-20-12/h4-7,10,14H,8-9H2,1-3H3,(H,18,23)(H,19,20,21)/t14-/m0/s1. The maximum atomic E-state index is 12.7. The number of para-hydroxylation sites is 1. The molecule has 132 valence electrons. The van der Waals surface area contributed by atoms with Gasteiger partial charge in [-0.1, -0.05) is 18.2 Å². The summed E-state index contributed by atoms with van der Waals surface area (Å²) < 4.78 is 5.49. The third-order valence-electron chi connectivity index (χ3n) is 3.78. The van der Waals surface area contributed by atoms with Crippen molar-refractivity contribution in [2.45, 2.75) is 45.4 Å². The Balaban J connectivity index is 1.79. The number of aromatic amines is 1. The summed E-state index contributed by atoms with van der Waals surface area (Å²) in [7, 11) is 0. The predicted molar refractivity (Wildman–Crippen MR) is 90.9 cm³/mol. The van der Waals surface area contributed by atoms with Crippen molar-refractivity contribution in [1.29, 1.82) is 0 Å². The monoisotopic (exact) mass is 343 g/mol. The van der Waals surface area contributed by atoms with Gasteiger partial charge in [0.15, 0.2) is 0 Å². The molecule has 1 aromatic carbocycles. The number of rotatable bonds is 3. The number of nitrogens with one attached hydrogen (secondary N) is 2. The van der Waals surface area contributed by atoms with Gasteiger partial charge >= 0.3 is 6.09 Å². The number of aromatic nitrogens is 3. The summed E-state index contributed by atoms with van der Waals surface area (Å²) in [5.41, 5.74) is 1.62. The van der Waals surface area contributed by atoms with Crippen LogP contribution in [0.2, 0.25) is 0 Å². The fraction of sp³-hybridized carbons (Fsp3) is 0.412. The number of hydrogen-bond donors (Lipinski definition) is 2. The number of amides is 2. The molecule has 0 radical (unpaired) electrons. The van der Waals surface area contributed by atoms with Crippen LogP contribution < -0.4 is 10.2 Å². The van der Waals surface area contributed by atoms with E-state index < -0.39 is 17.7 Å². The van der Waals surface area contributed by atoms with Crippen LogP contribution in [0.4, 0.5) is 10.5 Å². The lowest BCUT2D eigenvalue weighted by molar-refractivity contribution is -0.122. The van der Waals surface area contributed by atoms with E-state index in [-0.39, 0.29) is 12.5 Å². The lowest BCUT2D eigenvalue weighted by Gasteiger charge is -2.28. The molecule has 1 aliphatic rings. The zero-order chi connectivity index (χ0) is 18.0. The number of fused-ring (bicyclic) bond motifs is 1. The van der Waals surface area contributed by atoms with Gasteiger partial charge in [-0.2, -0.15) is 15.4 Å². The maximum Gasteiger partial charge on any atom is 0.415 e. The van der Waals surface area contributed by atoms with Gasteiger partial charge in [-0.25, -0.2) is 4.79 Å². The van der Waals surface area contributed by atoms with Crippen molar-refractivity contribution < 1.29 is 14.3 Å². The van der Waals surface area contributed by atoms with E-state index in [4.69, 9.17) is 4.74 Å². The Bertz CT molecular complexity index is 767. The summed E-state index contributed by atoms with van der Waals surface area (Å²) in [6.07, 6.45) is 1.45.